The number of rotatable bonds is 5. The van der Waals surface area contributed by atoms with Crippen LogP contribution in [0.4, 0.5) is 0 Å². The summed E-state index contributed by atoms with van der Waals surface area (Å²) >= 11 is 0. The lowest BCUT2D eigenvalue weighted by molar-refractivity contribution is -0.127. The van der Waals surface area contributed by atoms with E-state index < -0.39 is 0 Å². The van der Waals surface area contributed by atoms with Crippen LogP contribution in [0.1, 0.15) is 37.1 Å². The predicted octanol–water partition coefficient (Wildman–Crippen LogP) is 3.04. The summed E-state index contributed by atoms with van der Waals surface area (Å²) in [6.07, 6.45) is 8.18. The molecule has 3 rings (SSSR count). The maximum atomic E-state index is 12.7. The molecule has 0 amide bonds. The fourth-order valence-corrected chi connectivity index (χ4v) is 3.12. The molecule has 0 unspecified atom stereocenters. The molecule has 0 saturated heterocycles. The molecular weight excluding hydrogens is 248 g/mol. The molecule has 0 radical (unpaired) electrons. The Morgan fingerprint density at radius 1 is 1.30 bits per heavy atom. The summed E-state index contributed by atoms with van der Waals surface area (Å²) < 4.78 is 1.99. The zero-order valence-corrected chi connectivity index (χ0v) is 11.9. The van der Waals surface area contributed by atoms with Crippen molar-refractivity contribution in [2.24, 2.45) is 7.05 Å². The van der Waals surface area contributed by atoms with Crippen LogP contribution in [0, 0.1) is 0 Å². The minimum absolute atomic E-state index is 0.216. The van der Waals surface area contributed by atoms with Gasteiger partial charge in [-0.3, -0.25) is 4.79 Å². The van der Waals surface area contributed by atoms with E-state index in [0.29, 0.717) is 12.2 Å². The highest BCUT2D eigenvalue weighted by atomic mass is 16.1. The molecule has 0 atom stereocenters. The number of hydrogen-bond acceptors (Lipinski definition) is 2. The highest BCUT2D eigenvalue weighted by molar-refractivity contribution is 5.91. The van der Waals surface area contributed by atoms with Crippen LogP contribution in [0.5, 0.6) is 0 Å². The highest BCUT2D eigenvalue weighted by Gasteiger charge is 2.44. The van der Waals surface area contributed by atoms with Crippen LogP contribution >= 0.6 is 0 Å². The topological polar surface area (TPSA) is 34.9 Å². The van der Waals surface area contributed by atoms with Crippen LogP contribution in [0.25, 0.3) is 0 Å². The molecule has 3 heteroatoms. The van der Waals surface area contributed by atoms with Crippen LogP contribution in [0.2, 0.25) is 0 Å². The number of ketones is 1. The summed E-state index contributed by atoms with van der Waals surface area (Å²) in [5, 5.41) is 0. The van der Waals surface area contributed by atoms with Crippen molar-refractivity contribution in [2.75, 3.05) is 0 Å². The quantitative estimate of drug-likeness (QED) is 0.835. The van der Waals surface area contributed by atoms with Crippen molar-refractivity contribution in [1.82, 2.24) is 9.55 Å². The molecule has 0 N–H and O–H groups in total. The number of carbonyl (C=O) groups excluding carboxylic acids is 1. The van der Waals surface area contributed by atoms with Crippen molar-refractivity contribution < 1.29 is 4.79 Å². The maximum absolute atomic E-state index is 12.7. The van der Waals surface area contributed by atoms with Crippen LogP contribution in [0.3, 0.4) is 0 Å². The summed E-state index contributed by atoms with van der Waals surface area (Å²) in [6, 6.07) is 10.3. The molecule has 1 aromatic carbocycles. The molecule has 1 heterocycles. The molecule has 1 fully saturated rings. The fraction of sp³-hybridized carbons (Fsp3) is 0.412. The number of carbonyl (C=O) groups is 1. The standard InChI is InChI=1S/C17H20N2O/c1-19-13-12-18-16(19)9-8-15(20)17(10-5-11-17)14-6-3-2-4-7-14/h2-4,6-7,12-13H,5,8-11H2,1H3. The van der Waals surface area contributed by atoms with Crippen molar-refractivity contribution >= 4 is 5.78 Å². The molecule has 3 nitrogen and oxygen atoms in total. The van der Waals surface area contributed by atoms with Gasteiger partial charge in [-0.1, -0.05) is 36.8 Å². The number of nitrogens with zero attached hydrogens (tertiary/aromatic N) is 2. The fourth-order valence-electron chi connectivity index (χ4n) is 3.12. The number of hydrogen-bond donors (Lipinski definition) is 0. The highest BCUT2D eigenvalue weighted by Crippen LogP contribution is 2.45. The first kappa shape index (κ1) is 13.1. The summed E-state index contributed by atoms with van der Waals surface area (Å²) in [6.45, 7) is 0. The molecule has 0 aliphatic heterocycles. The molecule has 104 valence electrons. The molecule has 1 aromatic heterocycles. The third-order valence-corrected chi connectivity index (χ3v) is 4.56. The lowest BCUT2D eigenvalue weighted by Gasteiger charge is -2.41. The van der Waals surface area contributed by atoms with Gasteiger partial charge in [-0.05, 0) is 18.4 Å². The average Bonchev–Trinajstić information content (AvgIpc) is 2.82. The first-order chi connectivity index (χ1) is 9.72. The SMILES string of the molecule is Cn1ccnc1CCC(=O)C1(c2ccccc2)CCC1. The summed E-state index contributed by atoms with van der Waals surface area (Å²) in [7, 11) is 1.98. The zero-order chi connectivity index (χ0) is 14.0. The average molecular weight is 268 g/mol. The third-order valence-electron chi connectivity index (χ3n) is 4.56. The minimum atomic E-state index is -0.216. The lowest BCUT2D eigenvalue weighted by atomic mass is 9.61. The molecule has 1 aliphatic carbocycles. The van der Waals surface area contributed by atoms with E-state index in [1.165, 1.54) is 5.56 Å². The van der Waals surface area contributed by atoms with Gasteiger partial charge in [0.05, 0.1) is 5.41 Å². The molecule has 0 spiro atoms. The Bertz CT molecular complexity index is 596. The summed E-state index contributed by atoms with van der Waals surface area (Å²) in [5.41, 5.74) is 0.975. The number of aryl methyl sites for hydroxylation is 2. The smallest absolute Gasteiger partial charge is 0.143 e. The molecule has 20 heavy (non-hydrogen) atoms. The summed E-state index contributed by atoms with van der Waals surface area (Å²) in [4.78, 5) is 17.0. The Labute approximate surface area is 119 Å². The lowest BCUT2D eigenvalue weighted by Crippen LogP contribution is -2.42. The second-order valence-electron chi connectivity index (χ2n) is 5.68. The number of imidazole rings is 1. The van der Waals surface area contributed by atoms with Crippen molar-refractivity contribution in [3.8, 4) is 0 Å². The first-order valence-electron chi connectivity index (χ1n) is 7.27. The van der Waals surface area contributed by atoms with Gasteiger partial charge in [-0.2, -0.15) is 0 Å². The van der Waals surface area contributed by atoms with Gasteiger partial charge in [-0.15, -0.1) is 0 Å². The Hall–Kier alpha value is -1.90. The third kappa shape index (κ3) is 2.17. The predicted molar refractivity (Wildman–Crippen MR) is 78.5 cm³/mol. The second-order valence-corrected chi connectivity index (χ2v) is 5.68. The summed E-state index contributed by atoms with van der Waals surface area (Å²) in [5.74, 6) is 1.36. The Kier molecular flexibility index (Phi) is 3.43. The number of Topliss-reactive ketones (excluding diaryl/α,β-unsaturated/α-hetero) is 1. The molecule has 0 bridgehead atoms. The molecule has 1 aliphatic rings. The van der Waals surface area contributed by atoms with Crippen molar-refractivity contribution in [3.63, 3.8) is 0 Å². The monoisotopic (exact) mass is 268 g/mol. The van der Waals surface area contributed by atoms with Gasteiger partial charge in [-0.25, -0.2) is 4.98 Å². The largest absolute Gasteiger partial charge is 0.338 e. The number of benzene rings is 1. The van der Waals surface area contributed by atoms with E-state index in [4.69, 9.17) is 0 Å². The van der Waals surface area contributed by atoms with E-state index in [0.717, 1.165) is 31.5 Å². The van der Waals surface area contributed by atoms with E-state index in [-0.39, 0.29) is 5.41 Å². The Morgan fingerprint density at radius 2 is 2.05 bits per heavy atom. The van der Waals surface area contributed by atoms with Gasteiger partial charge in [0.25, 0.3) is 0 Å². The second kappa shape index (κ2) is 5.23. The van der Waals surface area contributed by atoms with Gasteiger partial charge in [0, 0.05) is 32.3 Å². The van der Waals surface area contributed by atoms with Gasteiger partial charge in [0.15, 0.2) is 0 Å². The van der Waals surface area contributed by atoms with E-state index in [2.05, 4.69) is 17.1 Å². The number of aromatic nitrogens is 2. The van der Waals surface area contributed by atoms with Gasteiger partial charge >= 0.3 is 0 Å². The zero-order valence-electron chi connectivity index (χ0n) is 11.9. The molecule has 1 saturated carbocycles. The van der Waals surface area contributed by atoms with Gasteiger partial charge < -0.3 is 4.57 Å². The van der Waals surface area contributed by atoms with Crippen molar-refractivity contribution in [3.05, 3.63) is 54.1 Å². The van der Waals surface area contributed by atoms with E-state index >= 15 is 0 Å². The van der Waals surface area contributed by atoms with Crippen LogP contribution in [-0.2, 0) is 23.7 Å². The Morgan fingerprint density at radius 3 is 2.60 bits per heavy atom. The normalized spacial score (nSPS) is 16.6. The van der Waals surface area contributed by atoms with Gasteiger partial charge in [0.1, 0.15) is 11.6 Å². The molecular formula is C17H20N2O. The van der Waals surface area contributed by atoms with Crippen molar-refractivity contribution in [2.45, 2.75) is 37.5 Å². The Balaban J connectivity index is 1.74. The van der Waals surface area contributed by atoms with E-state index in [1.54, 1.807) is 6.20 Å². The van der Waals surface area contributed by atoms with Crippen LogP contribution in [-0.4, -0.2) is 15.3 Å². The van der Waals surface area contributed by atoms with Crippen molar-refractivity contribution in [1.29, 1.82) is 0 Å². The van der Waals surface area contributed by atoms with E-state index in [9.17, 15) is 4.79 Å². The maximum Gasteiger partial charge on any atom is 0.143 e. The van der Waals surface area contributed by atoms with E-state index in [1.807, 2.05) is 36.0 Å². The first-order valence-corrected chi connectivity index (χ1v) is 7.27. The minimum Gasteiger partial charge on any atom is -0.338 e. The van der Waals surface area contributed by atoms with Gasteiger partial charge in [0.2, 0.25) is 0 Å². The molecule has 2 aromatic rings. The van der Waals surface area contributed by atoms with Crippen LogP contribution < -0.4 is 0 Å². The van der Waals surface area contributed by atoms with Crippen LogP contribution in [0.15, 0.2) is 42.7 Å².